The van der Waals surface area contributed by atoms with Crippen molar-refractivity contribution >= 4 is 11.5 Å². The molecular formula is C12H17N3O. The molecule has 1 aromatic rings. The van der Waals surface area contributed by atoms with Crippen molar-refractivity contribution in [3.63, 3.8) is 0 Å². The Bertz CT molecular complexity index is 364. The lowest BCUT2D eigenvalue weighted by Crippen LogP contribution is -2.41. The number of hydrazine groups is 1. The van der Waals surface area contributed by atoms with Crippen molar-refractivity contribution in [1.29, 1.82) is 0 Å². The minimum atomic E-state index is -0.00907. The summed E-state index contributed by atoms with van der Waals surface area (Å²) in [6.45, 7) is 2.93. The molecule has 2 rings (SSSR count). The second-order valence-corrected chi connectivity index (χ2v) is 4.03. The minimum Gasteiger partial charge on any atom is -0.370 e. The number of amidine groups is 1. The van der Waals surface area contributed by atoms with Crippen molar-refractivity contribution in [2.24, 2.45) is 16.8 Å². The summed E-state index contributed by atoms with van der Waals surface area (Å²) in [5, 5.41) is 0. The van der Waals surface area contributed by atoms with E-state index in [9.17, 15) is 0 Å². The molecule has 0 spiro atoms. The van der Waals surface area contributed by atoms with Crippen LogP contribution in [0.25, 0.3) is 0 Å². The molecule has 2 atom stereocenters. The molecule has 0 amide bonds. The Hall–Kier alpha value is -1.39. The summed E-state index contributed by atoms with van der Waals surface area (Å²) in [4.78, 5) is 4.47. The van der Waals surface area contributed by atoms with Gasteiger partial charge in [-0.2, -0.15) is 0 Å². The highest BCUT2D eigenvalue weighted by Crippen LogP contribution is 2.22. The number of aliphatic imine (C=N–C) groups is 1. The molecule has 1 aliphatic rings. The number of benzene rings is 1. The lowest BCUT2D eigenvalue weighted by atomic mass is 10.0. The van der Waals surface area contributed by atoms with E-state index in [-0.39, 0.29) is 6.10 Å². The van der Waals surface area contributed by atoms with Gasteiger partial charge in [0.15, 0.2) is 0 Å². The summed E-state index contributed by atoms with van der Waals surface area (Å²) in [6, 6.07) is 9.75. The maximum atomic E-state index is 5.62. The molecule has 0 saturated carbocycles. The van der Waals surface area contributed by atoms with Crippen molar-refractivity contribution in [1.82, 2.24) is 5.43 Å². The molecule has 1 aromatic carbocycles. The summed E-state index contributed by atoms with van der Waals surface area (Å²) >= 11 is 0. The second-order valence-electron chi connectivity index (χ2n) is 4.03. The predicted molar refractivity (Wildman–Crippen MR) is 64.4 cm³/mol. The highest BCUT2D eigenvalue weighted by Gasteiger charge is 2.28. The van der Waals surface area contributed by atoms with Gasteiger partial charge in [-0.05, 0) is 24.5 Å². The van der Waals surface area contributed by atoms with Gasteiger partial charge in [-0.1, -0.05) is 25.1 Å². The van der Waals surface area contributed by atoms with Crippen LogP contribution in [0.4, 0.5) is 5.69 Å². The molecule has 1 saturated heterocycles. The summed E-state index contributed by atoms with van der Waals surface area (Å²) < 4.78 is 5.62. The van der Waals surface area contributed by atoms with Gasteiger partial charge in [-0.25, -0.2) is 10.8 Å². The first-order chi connectivity index (χ1) is 7.81. The minimum absolute atomic E-state index is 0.00907. The molecule has 16 heavy (non-hydrogen) atoms. The van der Waals surface area contributed by atoms with Gasteiger partial charge in [0.25, 0.3) is 0 Å². The Balaban J connectivity index is 2.19. The second kappa shape index (κ2) is 5.09. The van der Waals surface area contributed by atoms with Crippen molar-refractivity contribution in [3.8, 4) is 0 Å². The van der Waals surface area contributed by atoms with E-state index in [1.165, 1.54) is 0 Å². The molecule has 1 heterocycles. The van der Waals surface area contributed by atoms with Crippen LogP contribution < -0.4 is 11.3 Å². The molecule has 4 nitrogen and oxygen atoms in total. The van der Waals surface area contributed by atoms with Crippen LogP contribution in [-0.2, 0) is 4.74 Å². The van der Waals surface area contributed by atoms with Gasteiger partial charge >= 0.3 is 0 Å². The van der Waals surface area contributed by atoms with Crippen LogP contribution in [0.2, 0.25) is 0 Å². The van der Waals surface area contributed by atoms with Crippen LogP contribution in [0.5, 0.6) is 0 Å². The average Bonchev–Trinajstić information content (AvgIpc) is 2.74. The van der Waals surface area contributed by atoms with Gasteiger partial charge in [-0.3, -0.25) is 0 Å². The molecule has 0 aliphatic carbocycles. The van der Waals surface area contributed by atoms with Gasteiger partial charge in [0.2, 0.25) is 0 Å². The van der Waals surface area contributed by atoms with E-state index in [4.69, 9.17) is 10.6 Å². The number of ether oxygens (including phenoxy) is 1. The van der Waals surface area contributed by atoms with E-state index in [1.807, 2.05) is 30.3 Å². The third kappa shape index (κ3) is 2.40. The van der Waals surface area contributed by atoms with Crippen molar-refractivity contribution < 1.29 is 4.74 Å². The maximum absolute atomic E-state index is 5.62. The molecule has 4 heteroatoms. The molecular weight excluding hydrogens is 202 g/mol. The van der Waals surface area contributed by atoms with Crippen LogP contribution in [0.15, 0.2) is 35.3 Å². The topological polar surface area (TPSA) is 59.6 Å². The Labute approximate surface area is 95.5 Å². The Morgan fingerprint density at radius 3 is 2.75 bits per heavy atom. The highest BCUT2D eigenvalue weighted by atomic mass is 16.5. The first-order valence-corrected chi connectivity index (χ1v) is 5.53. The molecule has 2 unspecified atom stereocenters. The number of nitrogens with one attached hydrogen (secondary N) is 1. The smallest absolute Gasteiger partial charge is 0.146 e. The zero-order valence-electron chi connectivity index (χ0n) is 9.39. The largest absolute Gasteiger partial charge is 0.370 e. The zero-order valence-corrected chi connectivity index (χ0v) is 9.39. The number of para-hydroxylation sites is 1. The first-order valence-electron chi connectivity index (χ1n) is 5.53. The third-order valence-corrected chi connectivity index (χ3v) is 2.81. The summed E-state index contributed by atoms with van der Waals surface area (Å²) in [6.07, 6.45) is 1.05. The molecule has 3 N–H and O–H groups in total. The predicted octanol–water partition coefficient (Wildman–Crippen LogP) is 1.60. The average molecular weight is 219 g/mol. The molecule has 0 bridgehead atoms. The van der Waals surface area contributed by atoms with Gasteiger partial charge in [-0.15, -0.1) is 0 Å². The van der Waals surface area contributed by atoms with Crippen LogP contribution >= 0.6 is 0 Å². The number of nitrogens with two attached hydrogens (primary N) is 1. The summed E-state index contributed by atoms with van der Waals surface area (Å²) in [5.74, 6) is 6.66. The summed E-state index contributed by atoms with van der Waals surface area (Å²) in [5.41, 5.74) is 3.54. The molecule has 0 radical (unpaired) electrons. The highest BCUT2D eigenvalue weighted by molar-refractivity contribution is 5.88. The lowest BCUT2D eigenvalue weighted by Gasteiger charge is -2.16. The number of nitrogens with zero attached hydrogens (tertiary/aromatic N) is 1. The van der Waals surface area contributed by atoms with Gasteiger partial charge < -0.3 is 10.2 Å². The van der Waals surface area contributed by atoms with E-state index in [2.05, 4.69) is 17.3 Å². The lowest BCUT2D eigenvalue weighted by molar-refractivity contribution is 0.142. The standard InChI is InChI=1S/C12H17N3O/c1-9-7-8-16-11(9)12(15-13)14-10-5-3-2-4-6-10/h2-6,9,11H,7-8,13H2,1H3,(H,14,15). The Morgan fingerprint density at radius 1 is 1.44 bits per heavy atom. The first kappa shape index (κ1) is 11.1. The van der Waals surface area contributed by atoms with Crippen LogP contribution in [-0.4, -0.2) is 18.5 Å². The van der Waals surface area contributed by atoms with Crippen LogP contribution in [0.1, 0.15) is 13.3 Å². The van der Waals surface area contributed by atoms with Gasteiger partial charge in [0.05, 0.1) is 5.69 Å². The van der Waals surface area contributed by atoms with E-state index >= 15 is 0 Å². The normalized spacial score (nSPS) is 25.8. The van der Waals surface area contributed by atoms with Crippen molar-refractivity contribution in [2.45, 2.75) is 19.4 Å². The van der Waals surface area contributed by atoms with Crippen molar-refractivity contribution in [3.05, 3.63) is 30.3 Å². The van der Waals surface area contributed by atoms with E-state index in [0.717, 1.165) is 18.7 Å². The Kier molecular flexibility index (Phi) is 3.54. The summed E-state index contributed by atoms with van der Waals surface area (Å²) in [7, 11) is 0. The van der Waals surface area contributed by atoms with E-state index in [0.29, 0.717) is 11.8 Å². The number of rotatable bonds is 2. The number of hydrogen-bond acceptors (Lipinski definition) is 3. The van der Waals surface area contributed by atoms with Crippen LogP contribution in [0.3, 0.4) is 0 Å². The van der Waals surface area contributed by atoms with Gasteiger partial charge in [0.1, 0.15) is 11.9 Å². The van der Waals surface area contributed by atoms with Crippen molar-refractivity contribution in [2.75, 3.05) is 6.61 Å². The Morgan fingerprint density at radius 2 is 2.19 bits per heavy atom. The van der Waals surface area contributed by atoms with Gasteiger partial charge in [0, 0.05) is 6.61 Å². The van der Waals surface area contributed by atoms with E-state index in [1.54, 1.807) is 0 Å². The SMILES string of the molecule is CC1CCOC1C(=Nc1ccccc1)NN. The monoisotopic (exact) mass is 219 g/mol. The molecule has 86 valence electrons. The quantitative estimate of drug-likeness (QED) is 0.344. The fourth-order valence-electron chi connectivity index (χ4n) is 1.86. The maximum Gasteiger partial charge on any atom is 0.146 e. The molecule has 1 aliphatic heterocycles. The molecule has 1 fully saturated rings. The molecule has 0 aromatic heterocycles. The fourth-order valence-corrected chi connectivity index (χ4v) is 1.86. The zero-order chi connectivity index (χ0) is 11.4. The van der Waals surface area contributed by atoms with E-state index < -0.39 is 0 Å². The third-order valence-electron chi connectivity index (χ3n) is 2.81. The number of hydrogen-bond donors (Lipinski definition) is 2. The van der Waals surface area contributed by atoms with Crippen LogP contribution in [0, 0.1) is 5.92 Å². The fraction of sp³-hybridized carbons (Fsp3) is 0.417.